The number of hydrogen-bond donors (Lipinski definition) is 0. The topological polar surface area (TPSA) is 45.9 Å². The number of nitriles is 1. The third-order valence-corrected chi connectivity index (χ3v) is 2.23. The Bertz CT molecular complexity index is 459. The summed E-state index contributed by atoms with van der Waals surface area (Å²) in [7, 11) is 0. The lowest BCUT2D eigenvalue weighted by Crippen LogP contribution is -1.83. The van der Waals surface area contributed by atoms with Crippen LogP contribution in [0.2, 0.25) is 0 Å². The zero-order chi connectivity index (χ0) is 9.80. The van der Waals surface area contributed by atoms with Gasteiger partial charge in [-0.15, -0.1) is 0 Å². The molecule has 0 spiro atoms. The second-order valence-electron chi connectivity index (χ2n) is 2.54. The van der Waals surface area contributed by atoms with Gasteiger partial charge < -0.3 is 4.74 Å². The summed E-state index contributed by atoms with van der Waals surface area (Å²) < 4.78 is 5.42. The Morgan fingerprint density at radius 2 is 2.36 bits per heavy atom. The molecule has 4 heteroatoms. The van der Waals surface area contributed by atoms with Gasteiger partial charge in [-0.1, -0.05) is 17.4 Å². The number of hydrogen-bond acceptors (Lipinski definition) is 4. The summed E-state index contributed by atoms with van der Waals surface area (Å²) >= 11 is 1.41. The quantitative estimate of drug-likeness (QED) is 0.752. The van der Waals surface area contributed by atoms with E-state index in [1.54, 1.807) is 30.5 Å². The fourth-order valence-electron chi connectivity index (χ4n) is 0.991. The molecule has 1 heterocycles. The van der Waals surface area contributed by atoms with Crippen molar-refractivity contribution >= 4 is 11.3 Å². The third-order valence-electron chi connectivity index (χ3n) is 1.58. The van der Waals surface area contributed by atoms with Crippen molar-refractivity contribution in [2.45, 2.75) is 0 Å². The number of thiazole rings is 1. The van der Waals surface area contributed by atoms with E-state index >= 15 is 0 Å². The highest BCUT2D eigenvalue weighted by molar-refractivity contribution is 7.11. The summed E-state index contributed by atoms with van der Waals surface area (Å²) in [6, 6.07) is 9.04. The maximum atomic E-state index is 8.67. The first-order valence-corrected chi connectivity index (χ1v) is 4.84. The van der Waals surface area contributed by atoms with Crippen LogP contribution in [0, 0.1) is 11.3 Å². The predicted octanol–water partition coefficient (Wildman–Crippen LogP) is 2.81. The van der Waals surface area contributed by atoms with E-state index in [1.165, 1.54) is 11.3 Å². The van der Waals surface area contributed by atoms with Gasteiger partial charge in [0.1, 0.15) is 5.75 Å². The van der Waals surface area contributed by atoms with Crippen LogP contribution >= 0.6 is 11.3 Å². The lowest BCUT2D eigenvalue weighted by Gasteiger charge is -2.00. The van der Waals surface area contributed by atoms with Crippen molar-refractivity contribution in [2.24, 2.45) is 0 Å². The Morgan fingerprint density at radius 3 is 3.07 bits per heavy atom. The molecule has 2 rings (SSSR count). The Morgan fingerprint density at radius 1 is 1.43 bits per heavy atom. The highest BCUT2D eigenvalue weighted by Crippen LogP contribution is 2.23. The first-order valence-electron chi connectivity index (χ1n) is 3.96. The molecule has 0 saturated heterocycles. The minimum Gasteiger partial charge on any atom is -0.431 e. The summed E-state index contributed by atoms with van der Waals surface area (Å²) in [6.45, 7) is 0. The molecule has 0 aliphatic rings. The van der Waals surface area contributed by atoms with Gasteiger partial charge >= 0.3 is 0 Å². The van der Waals surface area contributed by atoms with E-state index in [0.717, 1.165) is 0 Å². The second kappa shape index (κ2) is 3.90. The van der Waals surface area contributed by atoms with E-state index < -0.39 is 0 Å². The van der Waals surface area contributed by atoms with Crippen molar-refractivity contribution < 1.29 is 4.74 Å². The molecule has 1 aromatic heterocycles. The fourth-order valence-corrected chi connectivity index (χ4v) is 1.49. The van der Waals surface area contributed by atoms with Crippen LogP contribution in [0.4, 0.5) is 0 Å². The molecule has 0 radical (unpaired) electrons. The van der Waals surface area contributed by atoms with Crippen molar-refractivity contribution in [1.82, 2.24) is 4.98 Å². The van der Waals surface area contributed by atoms with Crippen molar-refractivity contribution in [1.29, 1.82) is 5.26 Å². The van der Waals surface area contributed by atoms with E-state index in [0.29, 0.717) is 16.5 Å². The molecule has 0 N–H and O–H groups in total. The highest BCUT2D eigenvalue weighted by atomic mass is 32.1. The molecule has 0 fully saturated rings. The number of ether oxygens (including phenoxy) is 1. The molecule has 1 aromatic carbocycles. The average molecular weight is 202 g/mol. The normalized spacial score (nSPS) is 9.36. The number of rotatable bonds is 2. The van der Waals surface area contributed by atoms with Gasteiger partial charge in [-0.3, -0.25) is 0 Å². The first-order chi connectivity index (χ1) is 6.88. The Hall–Kier alpha value is -1.86. The summed E-state index contributed by atoms with van der Waals surface area (Å²) in [6.07, 6.45) is 1.67. The van der Waals surface area contributed by atoms with Crippen molar-refractivity contribution in [3.8, 4) is 17.0 Å². The number of aromatic nitrogens is 1. The van der Waals surface area contributed by atoms with Gasteiger partial charge in [-0.05, 0) is 18.2 Å². The Kier molecular flexibility index (Phi) is 2.43. The van der Waals surface area contributed by atoms with Gasteiger partial charge in [0.05, 0.1) is 11.6 Å². The maximum Gasteiger partial charge on any atom is 0.278 e. The molecule has 0 saturated carbocycles. The van der Waals surface area contributed by atoms with Gasteiger partial charge in [0.25, 0.3) is 5.19 Å². The third kappa shape index (κ3) is 1.90. The van der Waals surface area contributed by atoms with Gasteiger partial charge in [-0.25, -0.2) is 4.98 Å². The summed E-state index contributed by atoms with van der Waals surface area (Å²) in [5.41, 5.74) is 0.582. The molecule has 0 unspecified atom stereocenters. The first kappa shape index (κ1) is 8.73. The predicted molar refractivity (Wildman–Crippen MR) is 53.3 cm³/mol. The van der Waals surface area contributed by atoms with Crippen LogP contribution in [0.15, 0.2) is 35.8 Å². The monoisotopic (exact) mass is 202 g/mol. The van der Waals surface area contributed by atoms with Crippen LogP contribution in [0.1, 0.15) is 5.56 Å². The lowest BCUT2D eigenvalue weighted by molar-refractivity contribution is 0.478. The standard InChI is InChI=1S/C10H6N2OS/c11-7-8-2-1-3-9(6-8)13-10-12-4-5-14-10/h1-6H. The van der Waals surface area contributed by atoms with Crippen LogP contribution in [0.25, 0.3) is 0 Å². The smallest absolute Gasteiger partial charge is 0.278 e. The minimum absolute atomic E-state index is 0.582. The summed E-state index contributed by atoms with van der Waals surface area (Å²) in [5, 5.41) is 11.1. The molecule has 3 nitrogen and oxygen atoms in total. The second-order valence-corrected chi connectivity index (χ2v) is 3.40. The average Bonchev–Trinajstić information content (AvgIpc) is 2.71. The molecule has 0 aliphatic carbocycles. The number of nitrogens with zero attached hydrogens (tertiary/aromatic N) is 2. The largest absolute Gasteiger partial charge is 0.431 e. The SMILES string of the molecule is N#Cc1cccc(Oc2nccs2)c1. The minimum atomic E-state index is 0.582. The fraction of sp³-hybridized carbons (Fsp3) is 0. The van der Waals surface area contributed by atoms with Gasteiger partial charge in [0.15, 0.2) is 0 Å². The number of benzene rings is 1. The van der Waals surface area contributed by atoms with Crippen molar-refractivity contribution in [3.63, 3.8) is 0 Å². The summed E-state index contributed by atoms with van der Waals surface area (Å²) in [5.74, 6) is 0.638. The maximum absolute atomic E-state index is 8.67. The zero-order valence-electron chi connectivity index (χ0n) is 7.18. The van der Waals surface area contributed by atoms with Crippen LogP contribution in [0.5, 0.6) is 10.9 Å². The van der Waals surface area contributed by atoms with Crippen molar-refractivity contribution in [2.75, 3.05) is 0 Å². The van der Waals surface area contributed by atoms with Crippen LogP contribution in [-0.4, -0.2) is 4.98 Å². The van der Waals surface area contributed by atoms with E-state index in [2.05, 4.69) is 4.98 Å². The van der Waals surface area contributed by atoms with Gasteiger partial charge in [0.2, 0.25) is 0 Å². The van der Waals surface area contributed by atoms with Crippen LogP contribution < -0.4 is 4.74 Å². The molecular weight excluding hydrogens is 196 g/mol. The highest BCUT2D eigenvalue weighted by Gasteiger charge is 1.99. The van der Waals surface area contributed by atoms with E-state index in [1.807, 2.05) is 11.4 Å². The Labute approximate surface area is 85.2 Å². The molecule has 2 aromatic rings. The molecule has 68 valence electrons. The van der Waals surface area contributed by atoms with E-state index in [9.17, 15) is 0 Å². The van der Waals surface area contributed by atoms with E-state index in [4.69, 9.17) is 10.00 Å². The van der Waals surface area contributed by atoms with Gasteiger partial charge in [-0.2, -0.15) is 5.26 Å². The molecule has 0 aliphatic heterocycles. The molecule has 0 amide bonds. The summed E-state index contributed by atoms with van der Waals surface area (Å²) in [4.78, 5) is 3.98. The van der Waals surface area contributed by atoms with E-state index in [-0.39, 0.29) is 0 Å². The molecule has 0 atom stereocenters. The molecule has 0 bridgehead atoms. The van der Waals surface area contributed by atoms with Gasteiger partial charge in [0, 0.05) is 11.6 Å². The lowest BCUT2D eigenvalue weighted by atomic mass is 10.2. The molecular formula is C10H6N2OS. The zero-order valence-corrected chi connectivity index (χ0v) is 7.99. The van der Waals surface area contributed by atoms with Crippen LogP contribution in [0.3, 0.4) is 0 Å². The van der Waals surface area contributed by atoms with Crippen LogP contribution in [-0.2, 0) is 0 Å². The van der Waals surface area contributed by atoms with Crippen molar-refractivity contribution in [3.05, 3.63) is 41.4 Å². The Balaban J connectivity index is 2.22. The molecule has 14 heavy (non-hydrogen) atoms.